The molecule has 1 atom stereocenters. The maximum atomic E-state index is 5.60. The van der Waals surface area contributed by atoms with Crippen LogP contribution < -0.4 is 5.73 Å². The lowest BCUT2D eigenvalue weighted by molar-refractivity contribution is 0.220. The van der Waals surface area contributed by atoms with E-state index < -0.39 is 0 Å². The SMILES string of the molecule is CN=C(N)OCC1CCc2c(cccc2-c2cncnc2)C1. The van der Waals surface area contributed by atoms with Crippen molar-refractivity contribution < 1.29 is 4.74 Å². The number of amidine groups is 1. The second-order valence-corrected chi connectivity index (χ2v) is 5.55. The Hall–Kier alpha value is -2.43. The van der Waals surface area contributed by atoms with Crippen molar-refractivity contribution in [2.24, 2.45) is 16.6 Å². The van der Waals surface area contributed by atoms with E-state index in [9.17, 15) is 0 Å². The number of aliphatic imine (C=N–C) groups is 1. The Morgan fingerprint density at radius 2 is 2.18 bits per heavy atom. The summed E-state index contributed by atoms with van der Waals surface area (Å²) in [5.74, 6) is 0.482. The lowest BCUT2D eigenvalue weighted by atomic mass is 9.81. The minimum absolute atomic E-state index is 0.265. The molecule has 1 aromatic carbocycles. The quantitative estimate of drug-likeness (QED) is 0.696. The fraction of sp³-hybridized carbons (Fsp3) is 0.353. The maximum Gasteiger partial charge on any atom is 0.281 e. The minimum atomic E-state index is 0.265. The van der Waals surface area contributed by atoms with Gasteiger partial charge in [0, 0.05) is 25.0 Å². The van der Waals surface area contributed by atoms with Crippen LogP contribution >= 0.6 is 0 Å². The van der Waals surface area contributed by atoms with Crippen molar-refractivity contribution in [3.05, 3.63) is 48.0 Å². The molecule has 114 valence electrons. The fourth-order valence-corrected chi connectivity index (χ4v) is 3.00. The molecule has 1 aliphatic rings. The molecule has 2 N–H and O–H groups in total. The first-order valence-electron chi connectivity index (χ1n) is 7.49. The van der Waals surface area contributed by atoms with E-state index in [4.69, 9.17) is 10.5 Å². The van der Waals surface area contributed by atoms with E-state index in [2.05, 4.69) is 33.2 Å². The summed E-state index contributed by atoms with van der Waals surface area (Å²) in [7, 11) is 1.64. The molecular formula is C17H20N4O. The molecule has 0 spiro atoms. The van der Waals surface area contributed by atoms with E-state index >= 15 is 0 Å². The zero-order valence-electron chi connectivity index (χ0n) is 12.7. The lowest BCUT2D eigenvalue weighted by Crippen LogP contribution is -2.24. The molecule has 5 nitrogen and oxygen atoms in total. The van der Waals surface area contributed by atoms with Crippen LogP contribution in [0, 0.1) is 5.92 Å². The molecular weight excluding hydrogens is 276 g/mol. The number of fused-ring (bicyclic) bond motifs is 1. The number of nitrogens with zero attached hydrogens (tertiary/aromatic N) is 3. The van der Waals surface area contributed by atoms with Gasteiger partial charge < -0.3 is 10.5 Å². The van der Waals surface area contributed by atoms with Gasteiger partial charge in [0.15, 0.2) is 0 Å². The van der Waals surface area contributed by atoms with Gasteiger partial charge in [-0.2, -0.15) is 0 Å². The lowest BCUT2D eigenvalue weighted by Gasteiger charge is -2.26. The predicted molar refractivity (Wildman–Crippen MR) is 86.5 cm³/mol. The van der Waals surface area contributed by atoms with Gasteiger partial charge in [-0.3, -0.25) is 0 Å². The summed E-state index contributed by atoms with van der Waals surface area (Å²) < 4.78 is 5.47. The summed E-state index contributed by atoms with van der Waals surface area (Å²) in [6.07, 6.45) is 8.44. The highest BCUT2D eigenvalue weighted by Gasteiger charge is 2.22. The van der Waals surface area contributed by atoms with Gasteiger partial charge in [-0.05, 0) is 41.9 Å². The summed E-state index contributed by atoms with van der Waals surface area (Å²) in [4.78, 5) is 12.1. The molecule has 0 saturated heterocycles. The first-order chi connectivity index (χ1) is 10.8. The molecule has 3 rings (SSSR count). The predicted octanol–water partition coefficient (Wildman–Crippen LogP) is 2.21. The Bertz CT molecular complexity index is 670. The zero-order chi connectivity index (χ0) is 15.4. The first-order valence-corrected chi connectivity index (χ1v) is 7.49. The number of nitrogens with two attached hydrogens (primary N) is 1. The highest BCUT2D eigenvalue weighted by Crippen LogP contribution is 2.33. The number of ether oxygens (including phenoxy) is 1. The Morgan fingerprint density at radius 1 is 1.36 bits per heavy atom. The molecule has 0 bridgehead atoms. The number of hydrogen-bond acceptors (Lipinski definition) is 4. The zero-order valence-corrected chi connectivity index (χ0v) is 12.7. The molecule has 0 aliphatic heterocycles. The molecule has 1 unspecified atom stereocenters. The van der Waals surface area contributed by atoms with Gasteiger partial charge >= 0.3 is 0 Å². The van der Waals surface area contributed by atoms with E-state index in [0.717, 1.165) is 24.8 Å². The molecule has 0 radical (unpaired) electrons. The standard InChI is InChI=1S/C17H20N4O/c1-19-17(18)22-10-12-5-6-16-13(7-12)3-2-4-15(16)14-8-20-11-21-9-14/h2-4,8-9,11-12H,5-7,10H2,1H3,(H2,18,19). The minimum Gasteiger partial charge on any atom is -0.465 e. The normalized spacial score (nSPS) is 17.9. The van der Waals surface area contributed by atoms with Gasteiger partial charge in [-0.25, -0.2) is 15.0 Å². The maximum absolute atomic E-state index is 5.60. The summed E-state index contributed by atoms with van der Waals surface area (Å²) in [5.41, 5.74) is 10.7. The number of aromatic nitrogens is 2. The third kappa shape index (κ3) is 3.08. The highest BCUT2D eigenvalue weighted by atomic mass is 16.5. The van der Waals surface area contributed by atoms with Gasteiger partial charge in [-0.15, -0.1) is 0 Å². The average molecular weight is 296 g/mol. The largest absolute Gasteiger partial charge is 0.465 e. The molecule has 22 heavy (non-hydrogen) atoms. The molecule has 1 aromatic heterocycles. The molecule has 1 aliphatic carbocycles. The summed E-state index contributed by atoms with van der Waals surface area (Å²) in [6, 6.07) is 6.72. The Kier molecular flexibility index (Phi) is 4.32. The topological polar surface area (TPSA) is 73.4 Å². The third-order valence-electron chi connectivity index (χ3n) is 4.14. The highest BCUT2D eigenvalue weighted by molar-refractivity contribution is 5.71. The summed E-state index contributed by atoms with van der Waals surface area (Å²) >= 11 is 0. The molecule has 0 fully saturated rings. The van der Waals surface area contributed by atoms with Gasteiger partial charge in [-0.1, -0.05) is 18.2 Å². The second-order valence-electron chi connectivity index (χ2n) is 5.55. The van der Waals surface area contributed by atoms with Crippen LogP contribution in [0.25, 0.3) is 11.1 Å². The van der Waals surface area contributed by atoms with Crippen molar-refractivity contribution in [1.82, 2.24) is 9.97 Å². The van der Waals surface area contributed by atoms with Crippen LogP contribution in [-0.4, -0.2) is 29.6 Å². The van der Waals surface area contributed by atoms with E-state index in [-0.39, 0.29) is 6.02 Å². The van der Waals surface area contributed by atoms with Crippen molar-refractivity contribution in [3.8, 4) is 11.1 Å². The molecule has 0 amide bonds. The Labute approximate surface area is 130 Å². The number of benzene rings is 1. The van der Waals surface area contributed by atoms with Crippen LogP contribution in [0.3, 0.4) is 0 Å². The van der Waals surface area contributed by atoms with Crippen LogP contribution in [0.2, 0.25) is 0 Å². The second kappa shape index (κ2) is 6.56. The van der Waals surface area contributed by atoms with E-state index in [1.54, 1.807) is 13.4 Å². The van der Waals surface area contributed by atoms with Gasteiger partial charge in [0.1, 0.15) is 6.33 Å². The fourth-order valence-electron chi connectivity index (χ4n) is 3.00. The van der Waals surface area contributed by atoms with E-state index in [0.29, 0.717) is 12.5 Å². The van der Waals surface area contributed by atoms with Crippen LogP contribution in [0.4, 0.5) is 0 Å². The third-order valence-corrected chi connectivity index (χ3v) is 4.14. The Balaban J connectivity index is 1.79. The van der Waals surface area contributed by atoms with Gasteiger partial charge in [0.25, 0.3) is 6.02 Å². The Morgan fingerprint density at radius 3 is 2.95 bits per heavy atom. The smallest absolute Gasteiger partial charge is 0.281 e. The van der Waals surface area contributed by atoms with Crippen molar-refractivity contribution in [3.63, 3.8) is 0 Å². The van der Waals surface area contributed by atoms with Gasteiger partial charge in [0.05, 0.1) is 6.61 Å². The average Bonchev–Trinajstić information content (AvgIpc) is 2.59. The molecule has 5 heteroatoms. The van der Waals surface area contributed by atoms with Crippen molar-refractivity contribution in [2.75, 3.05) is 13.7 Å². The van der Waals surface area contributed by atoms with Crippen LogP contribution in [0.15, 0.2) is 41.9 Å². The monoisotopic (exact) mass is 296 g/mol. The summed E-state index contributed by atoms with van der Waals surface area (Å²) in [5, 5.41) is 0. The van der Waals surface area contributed by atoms with E-state index in [1.807, 2.05) is 12.4 Å². The molecule has 2 aromatic rings. The van der Waals surface area contributed by atoms with Gasteiger partial charge in [0.2, 0.25) is 0 Å². The number of hydrogen-bond donors (Lipinski definition) is 1. The van der Waals surface area contributed by atoms with Crippen molar-refractivity contribution >= 4 is 6.02 Å². The molecule has 1 heterocycles. The van der Waals surface area contributed by atoms with E-state index in [1.165, 1.54) is 16.7 Å². The van der Waals surface area contributed by atoms with Crippen LogP contribution in [0.1, 0.15) is 17.5 Å². The summed E-state index contributed by atoms with van der Waals surface area (Å²) in [6.45, 7) is 0.626. The first kappa shape index (κ1) is 14.5. The van der Waals surface area contributed by atoms with Crippen molar-refractivity contribution in [1.29, 1.82) is 0 Å². The van der Waals surface area contributed by atoms with Crippen LogP contribution in [0.5, 0.6) is 0 Å². The number of rotatable bonds is 3. The molecule has 0 saturated carbocycles. The van der Waals surface area contributed by atoms with Crippen molar-refractivity contribution in [2.45, 2.75) is 19.3 Å². The van der Waals surface area contributed by atoms with Crippen LogP contribution in [-0.2, 0) is 17.6 Å².